The molecule has 0 unspecified atom stereocenters. The summed E-state index contributed by atoms with van der Waals surface area (Å²) >= 11 is 0. The van der Waals surface area contributed by atoms with E-state index < -0.39 is 20.0 Å². The average Bonchev–Trinajstić information content (AvgIpc) is 3.43. The molecular weight excluding hydrogens is 468 g/mol. The Labute approximate surface area is 196 Å². The standard InChI is InChI=1S/C26H18N2O4S2/c29-33(30,20-9-3-1-4-10-20)27-16-15-19-17-26-23(18-25(19)27)22-13-7-8-14-24(22)28(26)34(31,32)21-11-5-2-6-12-21/h1-18H. The van der Waals surface area contributed by atoms with Gasteiger partial charge in [-0.3, -0.25) is 0 Å². The largest absolute Gasteiger partial charge is 0.268 e. The predicted octanol–water partition coefficient (Wildman–Crippen LogP) is 5.22. The van der Waals surface area contributed by atoms with E-state index in [9.17, 15) is 16.8 Å². The summed E-state index contributed by atoms with van der Waals surface area (Å²) in [6, 6.07) is 28.9. The molecule has 0 aliphatic carbocycles. The van der Waals surface area contributed by atoms with E-state index >= 15 is 0 Å². The van der Waals surface area contributed by atoms with Crippen molar-refractivity contribution in [2.75, 3.05) is 0 Å². The Morgan fingerprint density at radius 2 is 1.09 bits per heavy atom. The molecule has 0 fully saturated rings. The molecule has 0 aliphatic heterocycles. The van der Waals surface area contributed by atoms with Crippen molar-refractivity contribution in [1.82, 2.24) is 7.94 Å². The highest BCUT2D eigenvalue weighted by Crippen LogP contribution is 2.36. The Bertz CT molecular complexity index is 1920. The first-order valence-corrected chi connectivity index (χ1v) is 13.4. The van der Waals surface area contributed by atoms with Gasteiger partial charge in [-0.1, -0.05) is 54.6 Å². The fourth-order valence-corrected chi connectivity index (χ4v) is 7.32. The van der Waals surface area contributed by atoms with Crippen molar-refractivity contribution in [1.29, 1.82) is 0 Å². The predicted molar refractivity (Wildman–Crippen MR) is 133 cm³/mol. The Morgan fingerprint density at radius 1 is 0.500 bits per heavy atom. The molecule has 34 heavy (non-hydrogen) atoms. The van der Waals surface area contributed by atoms with E-state index in [2.05, 4.69) is 0 Å². The minimum absolute atomic E-state index is 0.182. The smallest absolute Gasteiger partial charge is 0.241 e. The van der Waals surface area contributed by atoms with E-state index in [1.54, 1.807) is 91.0 Å². The van der Waals surface area contributed by atoms with E-state index in [0.717, 1.165) is 5.39 Å². The summed E-state index contributed by atoms with van der Waals surface area (Å²) in [7, 11) is -7.71. The maximum atomic E-state index is 13.7. The molecule has 168 valence electrons. The lowest BCUT2D eigenvalue weighted by atomic mass is 10.1. The van der Waals surface area contributed by atoms with Gasteiger partial charge in [0.2, 0.25) is 0 Å². The molecule has 0 saturated heterocycles. The summed E-state index contributed by atoms with van der Waals surface area (Å²) in [6.07, 6.45) is 1.50. The van der Waals surface area contributed by atoms with Gasteiger partial charge in [-0.05, 0) is 48.5 Å². The molecule has 0 spiro atoms. The third-order valence-corrected chi connectivity index (χ3v) is 9.43. The first-order chi connectivity index (χ1) is 16.4. The van der Waals surface area contributed by atoms with Crippen LogP contribution >= 0.6 is 0 Å². The van der Waals surface area contributed by atoms with Gasteiger partial charge in [0.15, 0.2) is 0 Å². The second-order valence-corrected chi connectivity index (χ2v) is 11.6. The van der Waals surface area contributed by atoms with Crippen LogP contribution in [0.4, 0.5) is 0 Å². The number of nitrogens with zero attached hydrogens (tertiary/aromatic N) is 2. The van der Waals surface area contributed by atoms with E-state index in [4.69, 9.17) is 0 Å². The number of hydrogen-bond acceptors (Lipinski definition) is 4. The van der Waals surface area contributed by atoms with Gasteiger partial charge in [-0.2, -0.15) is 0 Å². The Hall–Kier alpha value is -3.88. The molecule has 2 heterocycles. The molecule has 0 amide bonds. The molecule has 2 aromatic heterocycles. The van der Waals surface area contributed by atoms with Gasteiger partial charge < -0.3 is 0 Å². The molecule has 0 N–H and O–H groups in total. The van der Waals surface area contributed by atoms with Gasteiger partial charge in [0.25, 0.3) is 20.0 Å². The Balaban J connectivity index is 1.69. The first-order valence-electron chi connectivity index (χ1n) is 10.5. The summed E-state index contributed by atoms with van der Waals surface area (Å²) in [5, 5.41) is 2.01. The van der Waals surface area contributed by atoms with Crippen molar-refractivity contribution >= 4 is 52.8 Å². The average molecular weight is 487 g/mol. The Morgan fingerprint density at radius 3 is 1.76 bits per heavy atom. The van der Waals surface area contributed by atoms with Crippen molar-refractivity contribution in [3.63, 3.8) is 0 Å². The van der Waals surface area contributed by atoms with Crippen molar-refractivity contribution in [2.45, 2.75) is 9.79 Å². The van der Waals surface area contributed by atoms with Crippen LogP contribution < -0.4 is 0 Å². The lowest BCUT2D eigenvalue weighted by Crippen LogP contribution is -2.13. The monoisotopic (exact) mass is 486 g/mol. The van der Waals surface area contributed by atoms with Crippen molar-refractivity contribution in [3.05, 3.63) is 109 Å². The molecule has 6 aromatic rings. The van der Waals surface area contributed by atoms with E-state index in [0.29, 0.717) is 27.3 Å². The molecular formula is C26H18N2O4S2. The normalized spacial score (nSPS) is 12.6. The third kappa shape index (κ3) is 2.92. The van der Waals surface area contributed by atoms with E-state index in [1.165, 1.54) is 14.1 Å². The molecule has 0 bridgehead atoms. The second kappa shape index (κ2) is 7.31. The molecule has 0 radical (unpaired) electrons. The van der Waals surface area contributed by atoms with Crippen LogP contribution in [-0.2, 0) is 20.0 Å². The number of para-hydroxylation sites is 1. The lowest BCUT2D eigenvalue weighted by molar-refractivity contribution is 0.588. The SMILES string of the molecule is O=S(=O)(c1ccccc1)n1ccc2cc3c(cc21)c1ccccc1n3S(=O)(=O)c1ccccc1. The van der Waals surface area contributed by atoms with Crippen molar-refractivity contribution in [2.24, 2.45) is 0 Å². The quantitative estimate of drug-likeness (QED) is 0.342. The summed E-state index contributed by atoms with van der Waals surface area (Å²) < 4.78 is 56.6. The maximum absolute atomic E-state index is 13.7. The number of rotatable bonds is 4. The lowest BCUT2D eigenvalue weighted by Gasteiger charge is -2.10. The number of aromatic nitrogens is 2. The van der Waals surface area contributed by atoms with Crippen molar-refractivity contribution in [3.8, 4) is 0 Å². The molecule has 6 rings (SSSR count). The van der Waals surface area contributed by atoms with E-state index in [-0.39, 0.29) is 9.79 Å². The highest BCUT2D eigenvalue weighted by Gasteiger charge is 2.25. The third-order valence-electron chi connectivity index (χ3n) is 5.99. The van der Waals surface area contributed by atoms with Crippen LogP contribution in [0, 0.1) is 0 Å². The zero-order chi connectivity index (χ0) is 23.5. The van der Waals surface area contributed by atoms with Crippen LogP contribution in [0.1, 0.15) is 0 Å². The molecule has 4 aromatic carbocycles. The molecule has 0 atom stereocenters. The summed E-state index contributed by atoms with van der Waals surface area (Å²) in [5.74, 6) is 0. The van der Waals surface area contributed by atoms with Gasteiger partial charge in [-0.15, -0.1) is 0 Å². The van der Waals surface area contributed by atoms with Gasteiger partial charge in [0.05, 0.1) is 26.3 Å². The summed E-state index contributed by atoms with van der Waals surface area (Å²) in [4.78, 5) is 0.364. The second-order valence-electron chi connectivity index (χ2n) is 7.96. The van der Waals surface area contributed by atoms with Crippen molar-refractivity contribution < 1.29 is 16.8 Å². The summed E-state index contributed by atoms with van der Waals surface area (Å²) in [5.41, 5.74) is 1.51. The molecule has 0 aliphatic rings. The highest BCUT2D eigenvalue weighted by molar-refractivity contribution is 7.90. The summed E-state index contributed by atoms with van der Waals surface area (Å²) in [6.45, 7) is 0. The topological polar surface area (TPSA) is 78.1 Å². The number of fused-ring (bicyclic) bond motifs is 4. The fraction of sp³-hybridized carbons (Fsp3) is 0. The zero-order valence-electron chi connectivity index (χ0n) is 17.7. The zero-order valence-corrected chi connectivity index (χ0v) is 19.4. The van der Waals surface area contributed by atoms with Crippen LogP contribution in [0.2, 0.25) is 0 Å². The molecule has 0 saturated carbocycles. The fourth-order valence-electron chi connectivity index (χ4n) is 4.41. The maximum Gasteiger partial charge on any atom is 0.268 e. The van der Waals surface area contributed by atoms with Crippen LogP contribution in [-0.4, -0.2) is 24.8 Å². The minimum Gasteiger partial charge on any atom is -0.241 e. The first kappa shape index (κ1) is 20.7. The van der Waals surface area contributed by atoms with Crippen LogP contribution in [0.3, 0.4) is 0 Å². The van der Waals surface area contributed by atoms with Crippen LogP contribution in [0.25, 0.3) is 32.7 Å². The number of benzene rings is 4. The van der Waals surface area contributed by atoms with Crippen LogP contribution in [0.5, 0.6) is 0 Å². The van der Waals surface area contributed by atoms with Gasteiger partial charge in [0, 0.05) is 22.4 Å². The highest BCUT2D eigenvalue weighted by atomic mass is 32.2. The molecule has 6 nitrogen and oxygen atoms in total. The molecule has 8 heteroatoms. The minimum atomic E-state index is -3.89. The van der Waals surface area contributed by atoms with E-state index in [1.807, 2.05) is 12.1 Å². The van der Waals surface area contributed by atoms with Gasteiger partial charge in [-0.25, -0.2) is 24.8 Å². The Kier molecular flexibility index (Phi) is 4.45. The number of hydrogen-bond donors (Lipinski definition) is 0. The van der Waals surface area contributed by atoms with Gasteiger partial charge >= 0.3 is 0 Å². The van der Waals surface area contributed by atoms with Crippen LogP contribution in [0.15, 0.2) is 119 Å². The van der Waals surface area contributed by atoms with Gasteiger partial charge in [0.1, 0.15) is 0 Å².